The molecule has 1 saturated carbocycles. The highest BCUT2D eigenvalue weighted by Crippen LogP contribution is 2.42. The summed E-state index contributed by atoms with van der Waals surface area (Å²) in [6.45, 7) is 5.68. The Balaban J connectivity index is 1.36. The van der Waals surface area contributed by atoms with Crippen LogP contribution in [-0.4, -0.2) is 67.7 Å². The first kappa shape index (κ1) is 19.6. The van der Waals surface area contributed by atoms with Crippen molar-refractivity contribution >= 4 is 6.03 Å². The molecule has 7 heteroatoms. The van der Waals surface area contributed by atoms with E-state index < -0.39 is 17.0 Å². The van der Waals surface area contributed by atoms with E-state index >= 15 is 0 Å². The van der Waals surface area contributed by atoms with E-state index in [1.165, 1.54) is 6.42 Å². The zero-order valence-corrected chi connectivity index (χ0v) is 16.4. The van der Waals surface area contributed by atoms with Gasteiger partial charge in [0.25, 0.3) is 0 Å². The van der Waals surface area contributed by atoms with Crippen LogP contribution in [0.4, 0.5) is 13.6 Å². The Hall–Kier alpha value is -1.73. The number of carbonyl (C=O) groups is 1. The molecule has 2 amide bonds. The van der Waals surface area contributed by atoms with Crippen molar-refractivity contribution < 1.29 is 13.6 Å². The van der Waals surface area contributed by atoms with E-state index in [2.05, 4.69) is 15.5 Å². The quantitative estimate of drug-likeness (QED) is 0.828. The molecule has 2 heterocycles. The average Bonchev–Trinajstić information content (AvgIpc) is 3.41. The minimum absolute atomic E-state index is 0.0905. The molecule has 2 N–H and O–H groups in total. The van der Waals surface area contributed by atoms with Gasteiger partial charge >= 0.3 is 6.03 Å². The summed E-state index contributed by atoms with van der Waals surface area (Å²) in [5, 5.41) is 6.42. The van der Waals surface area contributed by atoms with E-state index in [-0.39, 0.29) is 6.03 Å². The highest BCUT2D eigenvalue weighted by molar-refractivity contribution is 5.74. The summed E-state index contributed by atoms with van der Waals surface area (Å²) in [4.78, 5) is 17.0. The Labute approximate surface area is 165 Å². The first-order valence-electron chi connectivity index (χ1n) is 10.5. The van der Waals surface area contributed by atoms with Crippen molar-refractivity contribution in [1.82, 2.24) is 20.4 Å². The minimum Gasteiger partial charge on any atom is -0.337 e. The number of benzene rings is 1. The van der Waals surface area contributed by atoms with Crippen LogP contribution in [-0.2, 0) is 5.41 Å². The molecule has 2 saturated heterocycles. The lowest BCUT2D eigenvalue weighted by molar-refractivity contribution is 0.113. The largest absolute Gasteiger partial charge is 0.337 e. The maximum absolute atomic E-state index is 14.5. The van der Waals surface area contributed by atoms with Crippen LogP contribution in [0.1, 0.15) is 37.7 Å². The van der Waals surface area contributed by atoms with Crippen molar-refractivity contribution in [2.45, 2.75) is 43.6 Å². The second-order valence-corrected chi connectivity index (χ2v) is 8.42. The molecular weight excluding hydrogens is 362 g/mol. The number of rotatable bonds is 4. The summed E-state index contributed by atoms with van der Waals surface area (Å²) in [7, 11) is 0. The number of hydrogen-bond donors (Lipinski definition) is 2. The van der Waals surface area contributed by atoms with Gasteiger partial charge in [-0.25, -0.2) is 13.6 Å². The van der Waals surface area contributed by atoms with Gasteiger partial charge in [-0.2, -0.15) is 0 Å². The highest BCUT2D eigenvalue weighted by atomic mass is 19.2. The van der Waals surface area contributed by atoms with Gasteiger partial charge in [0, 0.05) is 50.7 Å². The fourth-order valence-corrected chi connectivity index (χ4v) is 5.10. The highest BCUT2D eigenvalue weighted by Gasteiger charge is 2.39. The zero-order valence-electron chi connectivity index (χ0n) is 16.4. The molecule has 3 fully saturated rings. The summed E-state index contributed by atoms with van der Waals surface area (Å²) in [5.74, 6) is -1.58. The Morgan fingerprint density at radius 3 is 2.61 bits per heavy atom. The van der Waals surface area contributed by atoms with Crippen molar-refractivity contribution in [2.75, 3.05) is 45.8 Å². The Morgan fingerprint density at radius 1 is 1.18 bits per heavy atom. The first-order chi connectivity index (χ1) is 13.6. The molecule has 2 aliphatic heterocycles. The minimum atomic E-state index is -0.812. The third-order valence-corrected chi connectivity index (χ3v) is 6.81. The summed E-state index contributed by atoms with van der Waals surface area (Å²) in [5.41, 5.74) is -0.0945. The molecule has 1 aliphatic carbocycles. The average molecular weight is 392 g/mol. The fourth-order valence-electron chi connectivity index (χ4n) is 5.10. The summed E-state index contributed by atoms with van der Waals surface area (Å²) < 4.78 is 28.2. The van der Waals surface area contributed by atoms with Gasteiger partial charge in [-0.1, -0.05) is 25.0 Å². The number of piperazine rings is 1. The smallest absolute Gasteiger partial charge is 0.317 e. The van der Waals surface area contributed by atoms with Gasteiger partial charge in [0.2, 0.25) is 0 Å². The number of hydrogen-bond acceptors (Lipinski definition) is 3. The van der Waals surface area contributed by atoms with Gasteiger partial charge in [-0.3, -0.25) is 4.90 Å². The van der Waals surface area contributed by atoms with E-state index in [1.54, 1.807) is 12.1 Å². The molecule has 4 rings (SSSR count). The molecule has 0 aromatic heterocycles. The van der Waals surface area contributed by atoms with E-state index in [0.717, 1.165) is 57.9 Å². The van der Waals surface area contributed by atoms with Crippen LogP contribution >= 0.6 is 0 Å². The molecule has 28 heavy (non-hydrogen) atoms. The van der Waals surface area contributed by atoms with E-state index in [1.807, 2.05) is 4.90 Å². The van der Waals surface area contributed by atoms with Crippen molar-refractivity contribution in [3.05, 3.63) is 35.4 Å². The summed E-state index contributed by atoms with van der Waals surface area (Å²) >= 11 is 0. The van der Waals surface area contributed by atoms with E-state index in [9.17, 15) is 13.6 Å². The number of halogens is 2. The second-order valence-electron chi connectivity index (χ2n) is 8.42. The maximum Gasteiger partial charge on any atom is 0.317 e. The Bertz CT molecular complexity index is 694. The number of nitrogens with zero attached hydrogens (tertiary/aromatic N) is 2. The molecule has 1 atom stereocenters. The van der Waals surface area contributed by atoms with Gasteiger partial charge in [0.05, 0.1) is 0 Å². The number of carbonyl (C=O) groups excluding carboxylic acids is 1. The van der Waals surface area contributed by atoms with E-state index in [0.29, 0.717) is 31.2 Å². The van der Waals surface area contributed by atoms with Crippen LogP contribution < -0.4 is 10.6 Å². The molecule has 0 spiro atoms. The lowest BCUT2D eigenvalue weighted by Crippen LogP contribution is -2.55. The molecule has 5 nitrogen and oxygen atoms in total. The maximum atomic E-state index is 14.5. The van der Waals surface area contributed by atoms with Crippen molar-refractivity contribution in [3.63, 3.8) is 0 Å². The van der Waals surface area contributed by atoms with Gasteiger partial charge < -0.3 is 15.5 Å². The number of urea groups is 1. The molecule has 154 valence electrons. The van der Waals surface area contributed by atoms with Gasteiger partial charge in [-0.15, -0.1) is 0 Å². The Morgan fingerprint density at radius 2 is 1.93 bits per heavy atom. The summed E-state index contributed by atoms with van der Waals surface area (Å²) in [6.07, 6.45) is 4.67. The molecule has 3 aliphatic rings. The van der Waals surface area contributed by atoms with Crippen LogP contribution in [0.25, 0.3) is 0 Å². The van der Waals surface area contributed by atoms with Gasteiger partial charge in [-0.05, 0) is 37.4 Å². The van der Waals surface area contributed by atoms with Crippen molar-refractivity contribution in [3.8, 4) is 0 Å². The molecule has 0 bridgehead atoms. The Kier molecular flexibility index (Phi) is 5.83. The van der Waals surface area contributed by atoms with Crippen LogP contribution in [0.5, 0.6) is 0 Å². The summed E-state index contributed by atoms with van der Waals surface area (Å²) in [6, 6.07) is 4.88. The number of nitrogens with one attached hydrogen (secondary N) is 2. The molecular formula is C21H30F2N4O. The van der Waals surface area contributed by atoms with Crippen LogP contribution in [0.15, 0.2) is 18.2 Å². The topological polar surface area (TPSA) is 47.6 Å². The first-order valence-corrected chi connectivity index (χ1v) is 10.5. The lowest BCUT2D eigenvalue weighted by atomic mass is 9.78. The molecule has 1 aromatic rings. The monoisotopic (exact) mass is 392 g/mol. The predicted octanol–water partition coefficient (Wildman–Crippen LogP) is 2.47. The standard InChI is InChI=1S/C21H30F2N4O/c22-18-5-3-4-17(19(18)23)21(7-1-2-8-21)15-25-20(28)27-12-10-26(11-13-27)16-6-9-24-14-16/h3-5,16,24H,1-2,6-15H2,(H,25,28). The SMILES string of the molecule is O=C(NCC1(c2cccc(F)c2F)CCCC1)N1CCN(C2CCNC2)CC1. The fraction of sp³-hybridized carbons (Fsp3) is 0.667. The van der Waals surface area contributed by atoms with E-state index in [4.69, 9.17) is 0 Å². The molecule has 0 radical (unpaired) electrons. The second kappa shape index (κ2) is 8.33. The normalized spacial score (nSPS) is 25.2. The zero-order chi connectivity index (χ0) is 19.6. The van der Waals surface area contributed by atoms with Gasteiger partial charge in [0.1, 0.15) is 0 Å². The van der Waals surface area contributed by atoms with Crippen LogP contribution in [0.3, 0.4) is 0 Å². The number of amides is 2. The van der Waals surface area contributed by atoms with Crippen LogP contribution in [0.2, 0.25) is 0 Å². The van der Waals surface area contributed by atoms with Crippen molar-refractivity contribution in [1.29, 1.82) is 0 Å². The third kappa shape index (κ3) is 3.87. The van der Waals surface area contributed by atoms with Gasteiger partial charge in [0.15, 0.2) is 11.6 Å². The lowest BCUT2D eigenvalue weighted by Gasteiger charge is -2.38. The van der Waals surface area contributed by atoms with Crippen LogP contribution in [0, 0.1) is 11.6 Å². The molecule has 1 unspecified atom stereocenters. The molecule has 1 aromatic carbocycles. The third-order valence-electron chi connectivity index (χ3n) is 6.81. The predicted molar refractivity (Wildman–Crippen MR) is 104 cm³/mol. The van der Waals surface area contributed by atoms with Crippen molar-refractivity contribution in [2.24, 2.45) is 0 Å².